The fourth-order valence-electron chi connectivity index (χ4n) is 6.94. The zero-order valence-corrected chi connectivity index (χ0v) is 25.3. The van der Waals surface area contributed by atoms with Gasteiger partial charge in [-0.15, -0.1) is 0 Å². The summed E-state index contributed by atoms with van der Waals surface area (Å²) in [6, 6.07) is 9.64. The van der Waals surface area contributed by atoms with Crippen LogP contribution in [0.5, 0.6) is 0 Å². The maximum Gasteiger partial charge on any atom is 0.231 e. The smallest absolute Gasteiger partial charge is 0.231 e. The van der Waals surface area contributed by atoms with Crippen LogP contribution in [0.15, 0.2) is 42.6 Å². The highest BCUT2D eigenvalue weighted by Crippen LogP contribution is 2.58. The second-order valence-electron chi connectivity index (χ2n) is 12.7. The Morgan fingerprint density at radius 1 is 1.20 bits per heavy atom. The summed E-state index contributed by atoms with van der Waals surface area (Å²) in [5.41, 5.74) is 3.27. The number of carbonyl (C=O) groups is 1. The van der Waals surface area contributed by atoms with Gasteiger partial charge in [-0.05, 0) is 71.2 Å². The van der Waals surface area contributed by atoms with Crippen LogP contribution in [0.3, 0.4) is 0 Å². The number of likely N-dealkylation sites (N-methyl/N-ethyl adjacent to an activating group) is 3. The van der Waals surface area contributed by atoms with E-state index in [1.54, 1.807) is 0 Å². The third kappa shape index (κ3) is 5.87. The molecule has 1 fully saturated rings. The van der Waals surface area contributed by atoms with E-state index in [-0.39, 0.29) is 29.3 Å². The first-order valence-electron chi connectivity index (χ1n) is 15.6. The molecule has 5 rings (SSSR count). The monoisotopic (exact) mass is 546 g/mol. The highest BCUT2D eigenvalue weighted by atomic mass is 16.2. The first-order chi connectivity index (χ1) is 19.4. The van der Waals surface area contributed by atoms with Crippen molar-refractivity contribution >= 4 is 11.7 Å². The minimum absolute atomic E-state index is 0.0207. The summed E-state index contributed by atoms with van der Waals surface area (Å²) in [6.07, 6.45) is 15.9. The fraction of sp³-hybridized carbons (Fsp3) is 0.636. The van der Waals surface area contributed by atoms with Crippen molar-refractivity contribution in [1.29, 1.82) is 0 Å². The molecule has 0 saturated heterocycles. The van der Waals surface area contributed by atoms with E-state index in [0.717, 1.165) is 63.1 Å². The van der Waals surface area contributed by atoms with E-state index in [2.05, 4.69) is 82.4 Å². The molecule has 1 spiro atoms. The van der Waals surface area contributed by atoms with Gasteiger partial charge in [-0.1, -0.05) is 55.7 Å². The largest absolute Gasteiger partial charge is 0.362 e. The molecule has 2 aromatic rings. The number of amides is 1. The molecule has 1 amide bonds. The lowest BCUT2D eigenvalue weighted by atomic mass is 9.60. The zero-order valence-electron chi connectivity index (χ0n) is 25.3. The molecule has 0 radical (unpaired) electrons. The maximum atomic E-state index is 14.6. The highest BCUT2D eigenvalue weighted by Gasteiger charge is 2.54. The van der Waals surface area contributed by atoms with Gasteiger partial charge in [-0.2, -0.15) is 5.10 Å². The van der Waals surface area contributed by atoms with Crippen LogP contribution in [0, 0.1) is 5.41 Å². The number of carbonyl (C=O) groups excluding carboxylic acids is 1. The lowest BCUT2D eigenvalue weighted by molar-refractivity contribution is -0.135. The van der Waals surface area contributed by atoms with E-state index in [1.165, 1.54) is 30.4 Å². The molecule has 7 nitrogen and oxygen atoms in total. The van der Waals surface area contributed by atoms with Gasteiger partial charge in [0.2, 0.25) is 5.91 Å². The topological polar surface area (TPSA) is 65.4 Å². The van der Waals surface area contributed by atoms with Gasteiger partial charge in [0.15, 0.2) is 0 Å². The predicted molar refractivity (Wildman–Crippen MR) is 163 cm³/mol. The summed E-state index contributed by atoms with van der Waals surface area (Å²) >= 11 is 0. The Morgan fingerprint density at radius 2 is 2.00 bits per heavy atom. The number of hydrogen-bond donors (Lipinski definition) is 2. The van der Waals surface area contributed by atoms with Crippen molar-refractivity contribution in [3.8, 4) is 0 Å². The molecule has 2 N–H and O–H groups in total. The van der Waals surface area contributed by atoms with Crippen molar-refractivity contribution in [3.05, 3.63) is 59.3 Å². The van der Waals surface area contributed by atoms with E-state index in [4.69, 9.17) is 5.10 Å². The van der Waals surface area contributed by atoms with Crippen LogP contribution in [0.25, 0.3) is 0 Å². The minimum Gasteiger partial charge on any atom is -0.362 e. The average Bonchev–Trinajstić information content (AvgIpc) is 3.68. The summed E-state index contributed by atoms with van der Waals surface area (Å²) in [6.45, 7) is 7.20. The van der Waals surface area contributed by atoms with E-state index in [9.17, 15) is 4.79 Å². The van der Waals surface area contributed by atoms with Crippen LogP contribution in [0.2, 0.25) is 0 Å². The summed E-state index contributed by atoms with van der Waals surface area (Å²) in [4.78, 5) is 19.0. The van der Waals surface area contributed by atoms with Crippen LogP contribution in [0.1, 0.15) is 99.9 Å². The van der Waals surface area contributed by atoms with Crippen LogP contribution in [-0.2, 0) is 11.3 Å². The van der Waals surface area contributed by atoms with Gasteiger partial charge >= 0.3 is 0 Å². The van der Waals surface area contributed by atoms with Crippen LogP contribution in [0.4, 0.5) is 5.82 Å². The molecular formula is C33H50N6O. The molecule has 1 saturated carbocycles. The van der Waals surface area contributed by atoms with Crippen molar-refractivity contribution in [2.75, 3.05) is 39.5 Å². The molecular weight excluding hydrogens is 496 g/mol. The van der Waals surface area contributed by atoms with Gasteiger partial charge in [0.1, 0.15) is 5.82 Å². The van der Waals surface area contributed by atoms with Crippen molar-refractivity contribution in [2.24, 2.45) is 5.41 Å². The van der Waals surface area contributed by atoms with Gasteiger partial charge in [0, 0.05) is 49.7 Å². The number of allylic oxidation sites excluding steroid dienone is 1. The first kappa shape index (κ1) is 28.9. The Bertz CT molecular complexity index is 1180. The Balaban J connectivity index is 1.64. The lowest BCUT2D eigenvalue weighted by Gasteiger charge is -2.49. The Hall–Kier alpha value is -2.64. The molecule has 218 valence electrons. The summed E-state index contributed by atoms with van der Waals surface area (Å²) in [7, 11) is 6.21. The minimum atomic E-state index is -0.362. The van der Waals surface area contributed by atoms with Crippen LogP contribution in [-0.4, -0.2) is 65.8 Å². The predicted octanol–water partition coefficient (Wildman–Crippen LogP) is 5.88. The van der Waals surface area contributed by atoms with Crippen LogP contribution < -0.4 is 10.6 Å². The third-order valence-corrected chi connectivity index (χ3v) is 9.31. The number of nitrogens with one attached hydrogen (secondary N) is 2. The summed E-state index contributed by atoms with van der Waals surface area (Å²) in [5.74, 6) is 1.01. The second-order valence-corrected chi connectivity index (χ2v) is 12.7. The molecule has 3 unspecified atom stereocenters. The highest BCUT2D eigenvalue weighted by molar-refractivity contribution is 5.88. The number of hydrogen-bond acceptors (Lipinski definition) is 5. The quantitative estimate of drug-likeness (QED) is 0.385. The number of benzene rings is 1. The van der Waals surface area contributed by atoms with E-state index in [0.29, 0.717) is 6.04 Å². The van der Waals surface area contributed by atoms with Crippen molar-refractivity contribution in [1.82, 2.24) is 24.9 Å². The van der Waals surface area contributed by atoms with E-state index < -0.39 is 0 Å². The molecule has 1 aromatic carbocycles. The van der Waals surface area contributed by atoms with Crippen LogP contribution >= 0.6 is 0 Å². The number of aromatic nitrogens is 2. The number of anilines is 1. The molecule has 2 aliphatic carbocycles. The SMILES string of the molecule is CNCCN(C)Cc1cccc(C2Nc3c(cnn3C(C)C)C(C(=O)N(C)C3CC3)C23/C=C\CCCCCC3)c1. The van der Waals surface area contributed by atoms with Gasteiger partial charge in [-0.3, -0.25) is 4.79 Å². The van der Waals surface area contributed by atoms with E-state index in [1.807, 2.05) is 20.3 Å². The molecule has 40 heavy (non-hydrogen) atoms. The van der Waals surface area contributed by atoms with Crippen molar-refractivity contribution < 1.29 is 4.79 Å². The van der Waals surface area contributed by atoms with Crippen molar-refractivity contribution in [2.45, 2.75) is 95.8 Å². The number of rotatable bonds is 9. The summed E-state index contributed by atoms with van der Waals surface area (Å²) < 4.78 is 2.08. The van der Waals surface area contributed by atoms with E-state index >= 15 is 0 Å². The maximum absolute atomic E-state index is 14.6. The van der Waals surface area contributed by atoms with Gasteiger partial charge < -0.3 is 20.4 Å². The Kier molecular flexibility index (Phi) is 9.01. The first-order valence-corrected chi connectivity index (χ1v) is 15.6. The summed E-state index contributed by atoms with van der Waals surface area (Å²) in [5, 5.41) is 12.1. The van der Waals surface area contributed by atoms with Gasteiger partial charge in [-0.25, -0.2) is 4.68 Å². The molecule has 0 bridgehead atoms. The van der Waals surface area contributed by atoms with Crippen molar-refractivity contribution in [3.63, 3.8) is 0 Å². The average molecular weight is 547 g/mol. The second kappa shape index (κ2) is 12.5. The molecule has 2 heterocycles. The fourth-order valence-corrected chi connectivity index (χ4v) is 6.94. The van der Waals surface area contributed by atoms with Gasteiger partial charge in [0.05, 0.1) is 18.2 Å². The molecule has 3 atom stereocenters. The zero-order chi connectivity index (χ0) is 28.3. The number of fused-ring (bicyclic) bond motifs is 1. The molecule has 1 aliphatic heterocycles. The Morgan fingerprint density at radius 3 is 2.75 bits per heavy atom. The molecule has 7 heteroatoms. The lowest BCUT2D eigenvalue weighted by Crippen LogP contribution is -2.49. The normalized spacial score (nSPS) is 25.7. The number of nitrogens with zero attached hydrogens (tertiary/aromatic N) is 4. The van der Waals surface area contributed by atoms with Gasteiger partial charge in [0.25, 0.3) is 0 Å². The molecule has 1 aromatic heterocycles. The standard InChI is InChI=1S/C33H50N6O/c1-24(2)39-31-28(22-35-39)29(32(40)38(5)27-15-16-27)33(17-10-8-6-7-9-11-18-33)30(36-31)26-14-12-13-25(21-26)23-37(4)20-19-34-3/h10,12-14,17,21-22,24,27,29-30,34,36H,6-9,11,15-16,18-20,23H2,1-5H3/b17-10-. The Labute approximate surface area is 241 Å². The third-order valence-electron chi connectivity index (χ3n) is 9.31. The molecule has 3 aliphatic rings.